The second-order valence-corrected chi connectivity index (χ2v) is 6.86. The molecular weight excluding hydrogens is 425 g/mol. The molecule has 1 atom stereocenters. The van der Waals surface area contributed by atoms with E-state index in [4.69, 9.17) is 0 Å². The Labute approximate surface area is 181 Å². The van der Waals surface area contributed by atoms with Gasteiger partial charge in [0.25, 0.3) is 5.69 Å². The van der Waals surface area contributed by atoms with E-state index in [1.165, 1.54) is 0 Å². The van der Waals surface area contributed by atoms with Crippen LogP contribution in [-0.4, -0.2) is 22.4 Å². The lowest BCUT2D eigenvalue weighted by atomic mass is 9.99. The molecule has 0 bridgehead atoms. The zero-order chi connectivity index (χ0) is 23.1. The third kappa shape index (κ3) is 5.81. The molecule has 3 rings (SSSR count). The minimum atomic E-state index is -4.69. The van der Waals surface area contributed by atoms with Crippen molar-refractivity contribution in [2.45, 2.75) is 18.6 Å². The number of rotatable bonds is 8. The van der Waals surface area contributed by atoms with Gasteiger partial charge < -0.3 is 10.6 Å². The van der Waals surface area contributed by atoms with Crippen LogP contribution in [0.3, 0.4) is 0 Å². The lowest BCUT2D eigenvalue weighted by molar-refractivity contribution is -0.384. The third-order valence-electron chi connectivity index (χ3n) is 4.67. The highest BCUT2D eigenvalue weighted by molar-refractivity contribution is 5.77. The maximum Gasteiger partial charge on any atom is 0.416 e. The number of pyridine rings is 1. The predicted molar refractivity (Wildman–Crippen MR) is 112 cm³/mol. The number of benzene rings is 2. The molecule has 2 aromatic carbocycles. The Bertz CT molecular complexity index is 1040. The van der Waals surface area contributed by atoms with Crippen LogP contribution < -0.4 is 10.6 Å². The Kier molecular flexibility index (Phi) is 7.04. The quantitative estimate of drug-likeness (QED) is 0.387. The summed E-state index contributed by atoms with van der Waals surface area (Å²) in [6, 6.07) is 14.6. The van der Waals surface area contributed by atoms with Gasteiger partial charge in [0.1, 0.15) is 5.69 Å². The topological polar surface area (TPSA) is 97.2 Å². The number of nitro groups is 1. The van der Waals surface area contributed by atoms with Gasteiger partial charge in [0.2, 0.25) is 5.91 Å². The highest BCUT2D eigenvalue weighted by Crippen LogP contribution is 2.35. The number of anilines is 1. The normalized spacial score (nSPS) is 12.1. The molecule has 1 amide bonds. The fourth-order valence-electron chi connectivity index (χ4n) is 3.11. The number of hydrogen-bond donors (Lipinski definition) is 2. The Morgan fingerprint density at radius 2 is 1.69 bits per heavy atom. The number of alkyl halides is 3. The lowest BCUT2D eigenvalue weighted by Crippen LogP contribution is -2.30. The molecule has 32 heavy (non-hydrogen) atoms. The summed E-state index contributed by atoms with van der Waals surface area (Å²) in [6.07, 6.45) is -1.51. The van der Waals surface area contributed by atoms with E-state index in [0.717, 1.165) is 23.3 Å². The number of hydrogen-bond acceptors (Lipinski definition) is 5. The minimum Gasteiger partial charge on any atom is -0.379 e. The summed E-state index contributed by atoms with van der Waals surface area (Å²) in [7, 11) is 0. The second-order valence-electron chi connectivity index (χ2n) is 6.86. The molecule has 0 radical (unpaired) electrons. The molecule has 0 aliphatic carbocycles. The molecule has 0 saturated carbocycles. The van der Waals surface area contributed by atoms with Gasteiger partial charge in [-0.2, -0.15) is 13.2 Å². The van der Waals surface area contributed by atoms with Crippen LogP contribution in [0.25, 0.3) is 0 Å². The molecule has 0 aliphatic heterocycles. The van der Waals surface area contributed by atoms with E-state index in [1.807, 2.05) is 30.3 Å². The number of carbonyl (C=O) groups excluding carboxylic acids is 1. The first kappa shape index (κ1) is 22.7. The minimum absolute atomic E-state index is 0.00407. The van der Waals surface area contributed by atoms with Crippen molar-refractivity contribution in [3.8, 4) is 0 Å². The zero-order valence-corrected chi connectivity index (χ0v) is 16.7. The fourth-order valence-corrected chi connectivity index (χ4v) is 3.11. The van der Waals surface area contributed by atoms with Crippen LogP contribution in [0.1, 0.15) is 29.2 Å². The van der Waals surface area contributed by atoms with Crippen LogP contribution in [0.5, 0.6) is 0 Å². The third-order valence-corrected chi connectivity index (χ3v) is 4.67. The van der Waals surface area contributed by atoms with Crippen LogP contribution in [0.4, 0.5) is 24.5 Å². The van der Waals surface area contributed by atoms with Gasteiger partial charge in [0.15, 0.2) is 0 Å². The molecule has 0 saturated heterocycles. The van der Waals surface area contributed by atoms with Gasteiger partial charge in [-0.3, -0.25) is 19.9 Å². The number of nitrogens with zero attached hydrogens (tertiary/aromatic N) is 2. The molecule has 1 unspecified atom stereocenters. The van der Waals surface area contributed by atoms with Crippen molar-refractivity contribution < 1.29 is 22.9 Å². The van der Waals surface area contributed by atoms with Gasteiger partial charge in [-0.25, -0.2) is 0 Å². The molecule has 10 heteroatoms. The summed E-state index contributed by atoms with van der Waals surface area (Å²) in [5.41, 5.74) is -0.233. The van der Waals surface area contributed by atoms with Crippen molar-refractivity contribution in [1.82, 2.24) is 10.3 Å². The largest absolute Gasteiger partial charge is 0.416 e. The maximum absolute atomic E-state index is 12.8. The number of nitro benzene ring substituents is 1. The number of nitrogens with one attached hydrogen (secondary N) is 2. The van der Waals surface area contributed by atoms with Crippen molar-refractivity contribution in [3.63, 3.8) is 0 Å². The van der Waals surface area contributed by atoms with Gasteiger partial charge in [-0.05, 0) is 35.4 Å². The molecule has 3 aromatic rings. The van der Waals surface area contributed by atoms with Crippen LogP contribution >= 0.6 is 0 Å². The van der Waals surface area contributed by atoms with E-state index < -0.39 is 28.4 Å². The molecule has 2 N–H and O–H groups in total. The number of carbonyl (C=O) groups is 1. The van der Waals surface area contributed by atoms with Crippen molar-refractivity contribution in [3.05, 3.63) is 99.9 Å². The number of amides is 1. The Hall–Kier alpha value is -3.95. The van der Waals surface area contributed by atoms with E-state index >= 15 is 0 Å². The Morgan fingerprint density at radius 3 is 2.31 bits per heavy atom. The summed E-state index contributed by atoms with van der Waals surface area (Å²) in [4.78, 5) is 26.8. The number of aromatic nitrogens is 1. The molecule has 1 heterocycles. The molecule has 1 aromatic heterocycles. The SMILES string of the molecule is O=C(CCNc1ccc(C(F)(F)F)cc1[N+](=O)[O-])NC(c1ccccc1)c1ccncc1. The first-order valence-electron chi connectivity index (χ1n) is 9.59. The molecule has 7 nitrogen and oxygen atoms in total. The summed E-state index contributed by atoms with van der Waals surface area (Å²) in [6.45, 7) is -0.00407. The van der Waals surface area contributed by atoms with Crippen molar-refractivity contribution in [2.24, 2.45) is 0 Å². The highest BCUT2D eigenvalue weighted by atomic mass is 19.4. The van der Waals surface area contributed by atoms with E-state index in [2.05, 4.69) is 15.6 Å². The first-order chi connectivity index (χ1) is 15.3. The van der Waals surface area contributed by atoms with Crippen LogP contribution in [0.2, 0.25) is 0 Å². The van der Waals surface area contributed by atoms with Crippen molar-refractivity contribution in [1.29, 1.82) is 0 Å². The van der Waals surface area contributed by atoms with Gasteiger partial charge in [-0.15, -0.1) is 0 Å². The van der Waals surface area contributed by atoms with Crippen LogP contribution in [0.15, 0.2) is 73.1 Å². The van der Waals surface area contributed by atoms with Crippen LogP contribution in [-0.2, 0) is 11.0 Å². The molecule has 0 fully saturated rings. The number of halogens is 3. The van der Waals surface area contributed by atoms with Gasteiger partial charge >= 0.3 is 6.18 Å². The van der Waals surface area contributed by atoms with E-state index in [1.54, 1.807) is 24.5 Å². The van der Waals surface area contributed by atoms with E-state index in [0.29, 0.717) is 6.07 Å². The van der Waals surface area contributed by atoms with Crippen molar-refractivity contribution in [2.75, 3.05) is 11.9 Å². The standard InChI is InChI=1S/C22H19F3N4O3/c23-22(24,25)17-6-7-18(19(14-17)29(31)32)27-13-10-20(30)28-21(15-4-2-1-3-5-15)16-8-11-26-12-9-16/h1-9,11-12,14,21,27H,10,13H2,(H,28,30). The summed E-state index contributed by atoms with van der Waals surface area (Å²) < 4.78 is 38.5. The molecule has 0 spiro atoms. The van der Waals surface area contributed by atoms with Crippen molar-refractivity contribution >= 4 is 17.3 Å². The summed E-state index contributed by atoms with van der Waals surface area (Å²) >= 11 is 0. The Morgan fingerprint density at radius 1 is 1.03 bits per heavy atom. The Balaban J connectivity index is 1.67. The predicted octanol–water partition coefficient (Wildman–Crippen LogP) is 4.72. The maximum atomic E-state index is 12.8. The van der Waals surface area contributed by atoms with E-state index in [-0.39, 0.29) is 24.6 Å². The average molecular weight is 444 g/mol. The smallest absolute Gasteiger partial charge is 0.379 e. The van der Waals surface area contributed by atoms with Gasteiger partial charge in [0, 0.05) is 31.4 Å². The summed E-state index contributed by atoms with van der Waals surface area (Å²) in [5, 5.41) is 16.8. The fraction of sp³-hybridized carbons (Fsp3) is 0.182. The van der Waals surface area contributed by atoms with Gasteiger partial charge in [0.05, 0.1) is 16.5 Å². The highest BCUT2D eigenvalue weighted by Gasteiger charge is 2.33. The summed E-state index contributed by atoms with van der Waals surface area (Å²) in [5.74, 6) is -0.335. The zero-order valence-electron chi connectivity index (χ0n) is 16.7. The molecular formula is C22H19F3N4O3. The van der Waals surface area contributed by atoms with Gasteiger partial charge in [-0.1, -0.05) is 30.3 Å². The second kappa shape index (κ2) is 9.90. The first-order valence-corrected chi connectivity index (χ1v) is 9.59. The van der Waals surface area contributed by atoms with Crippen LogP contribution in [0, 0.1) is 10.1 Å². The molecule has 166 valence electrons. The monoisotopic (exact) mass is 444 g/mol. The average Bonchev–Trinajstić information content (AvgIpc) is 2.78. The van der Waals surface area contributed by atoms with E-state index in [9.17, 15) is 28.1 Å². The molecule has 0 aliphatic rings. The lowest BCUT2D eigenvalue weighted by Gasteiger charge is -2.20.